The molecule has 0 aliphatic rings. The Hall–Kier alpha value is -4.12. The molecule has 0 bridgehead atoms. The lowest BCUT2D eigenvalue weighted by atomic mass is 10.1. The molecule has 2 N–H and O–H groups in total. The van der Waals surface area contributed by atoms with Gasteiger partial charge in [0.1, 0.15) is 11.4 Å². The smallest absolute Gasteiger partial charge is 0.412 e. The van der Waals surface area contributed by atoms with Crippen LogP contribution in [0.4, 0.5) is 22.1 Å². The van der Waals surface area contributed by atoms with Crippen LogP contribution in [0.15, 0.2) is 65.7 Å². The molecule has 36 heavy (non-hydrogen) atoms. The lowest BCUT2D eigenvalue weighted by Gasteiger charge is -2.19. The zero-order valence-electron chi connectivity index (χ0n) is 20.6. The SMILES string of the molecule is COc1cc(S(C)(=O)=O)ccc1Nc1nc2ccc(-c3ccc(NC(=O)OC(C)(C)C)cc3)cn2n1. The van der Waals surface area contributed by atoms with Crippen molar-refractivity contribution < 1.29 is 22.7 Å². The van der Waals surface area contributed by atoms with Crippen LogP contribution in [0.25, 0.3) is 16.8 Å². The van der Waals surface area contributed by atoms with E-state index in [2.05, 4.69) is 20.7 Å². The van der Waals surface area contributed by atoms with Crippen LogP contribution < -0.4 is 15.4 Å². The van der Waals surface area contributed by atoms with Crippen molar-refractivity contribution in [2.75, 3.05) is 24.0 Å². The minimum absolute atomic E-state index is 0.157. The first-order valence-corrected chi connectivity index (χ1v) is 12.9. The topological polar surface area (TPSA) is 124 Å². The van der Waals surface area contributed by atoms with Crippen LogP contribution in [0.1, 0.15) is 20.8 Å². The van der Waals surface area contributed by atoms with Crippen LogP contribution >= 0.6 is 0 Å². The van der Waals surface area contributed by atoms with Gasteiger partial charge in [-0.1, -0.05) is 12.1 Å². The van der Waals surface area contributed by atoms with Crippen molar-refractivity contribution in [3.8, 4) is 16.9 Å². The van der Waals surface area contributed by atoms with E-state index in [1.165, 1.54) is 19.2 Å². The maximum atomic E-state index is 12.0. The third-order valence-electron chi connectivity index (χ3n) is 5.04. The minimum Gasteiger partial charge on any atom is -0.495 e. The highest BCUT2D eigenvalue weighted by Crippen LogP contribution is 2.30. The lowest BCUT2D eigenvalue weighted by Crippen LogP contribution is -2.27. The molecule has 0 spiro atoms. The maximum Gasteiger partial charge on any atom is 0.412 e. The van der Waals surface area contributed by atoms with E-state index >= 15 is 0 Å². The van der Waals surface area contributed by atoms with E-state index in [4.69, 9.17) is 9.47 Å². The van der Waals surface area contributed by atoms with E-state index in [-0.39, 0.29) is 4.90 Å². The lowest BCUT2D eigenvalue weighted by molar-refractivity contribution is 0.0636. The predicted molar refractivity (Wildman–Crippen MR) is 138 cm³/mol. The summed E-state index contributed by atoms with van der Waals surface area (Å²) in [6, 6.07) is 15.7. The Bertz CT molecular complexity index is 1520. The number of sulfone groups is 1. The average molecular weight is 510 g/mol. The second-order valence-electron chi connectivity index (χ2n) is 9.12. The molecule has 0 aliphatic carbocycles. The monoisotopic (exact) mass is 509 g/mol. The predicted octanol–water partition coefficient (Wildman–Crippen LogP) is 4.90. The molecule has 0 saturated heterocycles. The fourth-order valence-corrected chi connectivity index (χ4v) is 4.04. The maximum absolute atomic E-state index is 12.0. The molecule has 188 valence electrons. The molecule has 2 aromatic carbocycles. The summed E-state index contributed by atoms with van der Waals surface area (Å²) in [4.78, 5) is 16.6. The van der Waals surface area contributed by atoms with E-state index in [1.54, 1.807) is 22.7 Å². The minimum atomic E-state index is -3.36. The van der Waals surface area contributed by atoms with E-state index in [1.807, 2.05) is 51.2 Å². The van der Waals surface area contributed by atoms with Gasteiger partial charge in [-0.2, -0.15) is 4.98 Å². The van der Waals surface area contributed by atoms with Gasteiger partial charge in [0.25, 0.3) is 0 Å². The number of carbonyl (C=O) groups excluding carboxylic acids is 1. The van der Waals surface area contributed by atoms with E-state index in [0.717, 1.165) is 17.4 Å². The normalized spacial score (nSPS) is 11.8. The summed E-state index contributed by atoms with van der Waals surface area (Å²) in [5, 5.41) is 10.3. The molecule has 11 heteroatoms. The molecule has 1 amide bonds. The number of carbonyl (C=O) groups is 1. The standard InChI is InChI=1S/C25H27N5O5S/c1-25(2,3)35-24(31)26-18-9-6-16(7-10-18)17-8-13-22-28-23(29-30(22)15-17)27-20-12-11-19(36(5,32)33)14-21(20)34-4/h6-15H,1-5H3,(H,26,31)(H,27,29). The second kappa shape index (κ2) is 9.50. The molecule has 2 heterocycles. The highest BCUT2D eigenvalue weighted by molar-refractivity contribution is 7.90. The number of hydrogen-bond donors (Lipinski definition) is 2. The number of methoxy groups -OCH3 is 1. The number of nitrogens with zero attached hydrogens (tertiary/aromatic N) is 3. The van der Waals surface area contributed by atoms with E-state index in [9.17, 15) is 13.2 Å². The molecule has 0 fully saturated rings. The second-order valence-corrected chi connectivity index (χ2v) is 11.1. The molecule has 0 unspecified atom stereocenters. The fraction of sp³-hybridized carbons (Fsp3) is 0.240. The fourth-order valence-electron chi connectivity index (χ4n) is 3.40. The van der Waals surface area contributed by atoms with E-state index < -0.39 is 21.5 Å². The summed E-state index contributed by atoms with van der Waals surface area (Å²) >= 11 is 0. The van der Waals surface area contributed by atoms with Crippen molar-refractivity contribution in [2.24, 2.45) is 0 Å². The zero-order chi connectivity index (χ0) is 26.1. The van der Waals surface area contributed by atoms with Crippen LogP contribution in [0.5, 0.6) is 5.75 Å². The Morgan fingerprint density at radius 2 is 1.69 bits per heavy atom. The van der Waals surface area contributed by atoms with Gasteiger partial charge in [0.05, 0.1) is 17.7 Å². The van der Waals surface area contributed by atoms with Crippen LogP contribution in [-0.2, 0) is 14.6 Å². The highest BCUT2D eigenvalue weighted by Gasteiger charge is 2.16. The molecular formula is C25H27N5O5S. The van der Waals surface area contributed by atoms with Crippen LogP contribution in [0.3, 0.4) is 0 Å². The highest BCUT2D eigenvalue weighted by atomic mass is 32.2. The van der Waals surface area contributed by atoms with Crippen LogP contribution in [0.2, 0.25) is 0 Å². The summed E-state index contributed by atoms with van der Waals surface area (Å²) in [5.74, 6) is 0.687. The average Bonchev–Trinajstić information content (AvgIpc) is 3.19. The number of anilines is 3. The van der Waals surface area contributed by atoms with Crippen molar-refractivity contribution >= 4 is 38.9 Å². The molecule has 10 nitrogen and oxygen atoms in total. The zero-order valence-corrected chi connectivity index (χ0v) is 21.4. The number of fused-ring (bicyclic) bond motifs is 1. The number of nitrogens with one attached hydrogen (secondary N) is 2. The Labute approximate surface area is 209 Å². The molecule has 0 aliphatic heterocycles. The van der Waals surface area contributed by atoms with Crippen molar-refractivity contribution in [3.05, 3.63) is 60.8 Å². The number of rotatable bonds is 6. The van der Waals surface area contributed by atoms with Gasteiger partial charge in [-0.3, -0.25) is 5.32 Å². The van der Waals surface area contributed by atoms with Gasteiger partial charge in [-0.25, -0.2) is 17.7 Å². The number of hydrogen-bond acceptors (Lipinski definition) is 8. The molecule has 4 rings (SSSR count). The van der Waals surface area contributed by atoms with Crippen molar-refractivity contribution in [1.82, 2.24) is 14.6 Å². The molecular weight excluding hydrogens is 482 g/mol. The van der Waals surface area contributed by atoms with Gasteiger partial charge in [-0.15, -0.1) is 5.10 Å². The third kappa shape index (κ3) is 5.92. The summed E-state index contributed by atoms with van der Waals surface area (Å²) in [7, 11) is -1.90. The molecule has 0 saturated carbocycles. The summed E-state index contributed by atoms with van der Waals surface area (Å²) in [6.45, 7) is 5.42. The Balaban J connectivity index is 1.52. The van der Waals surface area contributed by atoms with Gasteiger partial charge in [0.15, 0.2) is 15.5 Å². The molecule has 0 atom stereocenters. The van der Waals surface area contributed by atoms with Gasteiger partial charge in [0, 0.05) is 29.8 Å². The summed E-state index contributed by atoms with van der Waals surface area (Å²) in [5.41, 5.74) is 3.03. The Morgan fingerprint density at radius 3 is 2.33 bits per heavy atom. The van der Waals surface area contributed by atoms with Crippen molar-refractivity contribution in [1.29, 1.82) is 0 Å². The number of ether oxygens (including phenoxy) is 2. The Morgan fingerprint density at radius 1 is 1.00 bits per heavy atom. The molecule has 0 radical (unpaired) electrons. The number of benzene rings is 2. The van der Waals surface area contributed by atoms with Crippen molar-refractivity contribution in [2.45, 2.75) is 31.3 Å². The third-order valence-corrected chi connectivity index (χ3v) is 6.15. The van der Waals surface area contributed by atoms with Crippen molar-refractivity contribution in [3.63, 3.8) is 0 Å². The number of pyridine rings is 1. The molecule has 2 aromatic heterocycles. The van der Waals surface area contributed by atoms with Gasteiger partial charge in [0.2, 0.25) is 5.95 Å². The Kier molecular flexibility index (Phi) is 6.59. The molecule has 4 aromatic rings. The first-order chi connectivity index (χ1) is 16.9. The summed E-state index contributed by atoms with van der Waals surface area (Å²) < 4.78 is 35.9. The first-order valence-electron chi connectivity index (χ1n) is 11.0. The number of aromatic nitrogens is 3. The summed E-state index contributed by atoms with van der Waals surface area (Å²) in [6.07, 6.45) is 2.47. The van der Waals surface area contributed by atoms with Gasteiger partial charge >= 0.3 is 6.09 Å². The van der Waals surface area contributed by atoms with Gasteiger partial charge < -0.3 is 14.8 Å². The van der Waals surface area contributed by atoms with Crippen LogP contribution in [-0.4, -0.2) is 48.1 Å². The number of amides is 1. The van der Waals surface area contributed by atoms with Gasteiger partial charge in [-0.05, 0) is 62.7 Å². The van der Waals surface area contributed by atoms with Crippen LogP contribution in [0, 0.1) is 0 Å². The van der Waals surface area contributed by atoms with E-state index in [0.29, 0.717) is 28.7 Å². The quantitative estimate of drug-likeness (QED) is 0.376. The first kappa shape index (κ1) is 25.0. The largest absolute Gasteiger partial charge is 0.495 e.